The average molecular weight is 945 g/mol. The minimum atomic E-state index is -1.10. The van der Waals surface area contributed by atoms with Crippen molar-refractivity contribution in [1.29, 1.82) is 0 Å². The van der Waals surface area contributed by atoms with Crippen molar-refractivity contribution in [3.8, 4) is 17.0 Å². The summed E-state index contributed by atoms with van der Waals surface area (Å²) in [5, 5.41) is 6.84. The van der Waals surface area contributed by atoms with Gasteiger partial charge in [-0.1, -0.05) is 19.9 Å². The molecule has 2 aromatic carbocycles. The van der Waals surface area contributed by atoms with Crippen LogP contribution in [0.5, 0.6) is 5.75 Å². The number of carbonyl (C=O) groups is 6. The first-order chi connectivity index (χ1) is 33.0. The molecule has 7 heterocycles. The average Bonchev–Trinajstić information content (AvgIpc) is 3.58. The van der Waals surface area contributed by atoms with Gasteiger partial charge in [0.05, 0.1) is 59.7 Å². The Morgan fingerprint density at radius 2 is 1.54 bits per heavy atom. The highest BCUT2D eigenvalue weighted by atomic mass is 19.1. The van der Waals surface area contributed by atoms with Crippen molar-refractivity contribution in [2.75, 3.05) is 62.6 Å². The second kappa shape index (κ2) is 17.3. The van der Waals surface area contributed by atoms with Crippen LogP contribution in [0.2, 0.25) is 0 Å². The van der Waals surface area contributed by atoms with Gasteiger partial charge >= 0.3 is 0 Å². The lowest BCUT2D eigenvalue weighted by atomic mass is 10.0. The number of amides is 6. The summed E-state index contributed by atoms with van der Waals surface area (Å²) in [6.45, 7) is 12.9. The van der Waals surface area contributed by atoms with Crippen LogP contribution in [0.25, 0.3) is 22.3 Å². The van der Waals surface area contributed by atoms with Gasteiger partial charge in [-0.15, -0.1) is 5.06 Å². The van der Waals surface area contributed by atoms with Crippen molar-refractivity contribution < 1.29 is 42.4 Å². The third-order valence-corrected chi connectivity index (χ3v) is 14.0. The molecule has 4 fully saturated rings. The molecule has 5 aromatic rings. The molecule has 69 heavy (non-hydrogen) atoms. The molecule has 1 saturated carbocycles. The van der Waals surface area contributed by atoms with Gasteiger partial charge < -0.3 is 29.4 Å². The number of piperazine rings is 2. The normalized spacial score (nSPS) is 21.5. The third-order valence-electron chi connectivity index (χ3n) is 14.0. The van der Waals surface area contributed by atoms with Crippen LogP contribution in [-0.2, 0) is 19.2 Å². The molecule has 21 heteroatoms. The molecular weight excluding hydrogens is 895 g/mol. The molecule has 3 saturated heterocycles. The molecule has 3 unspecified atom stereocenters. The fourth-order valence-electron chi connectivity index (χ4n) is 10.3. The second-order valence-electron chi connectivity index (χ2n) is 18.9. The Balaban J connectivity index is 0.716. The van der Waals surface area contributed by atoms with E-state index in [-0.39, 0.29) is 70.3 Å². The van der Waals surface area contributed by atoms with E-state index in [2.05, 4.69) is 35.5 Å². The number of halogens is 2. The minimum Gasteiger partial charge on any atom is -0.405 e. The smallest absolute Gasteiger partial charge is 0.266 e. The molecule has 5 aliphatic rings. The summed E-state index contributed by atoms with van der Waals surface area (Å²) >= 11 is 0. The summed E-state index contributed by atoms with van der Waals surface area (Å²) in [6.07, 6.45) is 2.77. The Bertz CT molecular complexity index is 2960. The van der Waals surface area contributed by atoms with E-state index in [1.807, 2.05) is 43.2 Å². The van der Waals surface area contributed by atoms with Gasteiger partial charge in [0, 0.05) is 57.3 Å². The number of benzene rings is 2. The zero-order valence-electron chi connectivity index (χ0n) is 38.7. The van der Waals surface area contributed by atoms with Crippen molar-refractivity contribution >= 4 is 63.9 Å². The van der Waals surface area contributed by atoms with E-state index >= 15 is 8.78 Å². The van der Waals surface area contributed by atoms with Gasteiger partial charge in [-0.3, -0.25) is 39.0 Å². The number of aryl methyl sites for hydroxylation is 1. The third kappa shape index (κ3) is 8.06. The predicted molar refractivity (Wildman–Crippen MR) is 245 cm³/mol. The van der Waals surface area contributed by atoms with Gasteiger partial charge in [-0.05, 0) is 69.0 Å². The number of carbonyl (C=O) groups excluding carboxylic acids is 6. The fourth-order valence-corrected chi connectivity index (χ4v) is 10.3. The van der Waals surface area contributed by atoms with Crippen LogP contribution in [0.4, 0.5) is 26.2 Å². The van der Waals surface area contributed by atoms with Crippen LogP contribution >= 0.6 is 0 Å². The lowest BCUT2D eigenvalue weighted by Gasteiger charge is -2.36. The van der Waals surface area contributed by atoms with Crippen LogP contribution in [0, 0.1) is 35.8 Å². The van der Waals surface area contributed by atoms with E-state index < -0.39 is 58.6 Å². The van der Waals surface area contributed by atoms with E-state index in [1.165, 1.54) is 12.1 Å². The SMILES string of the molecule is Cc1nc2c(F)cc(-c3nc(Nc4ccc(N5CCN(C(=O)C6C(C(=O)N7CCN(Oc8cccc9c8C(=O)N(C8CCC(=O)NC8=O)C9=O)CC7)C6(C)C)CC5)cn4)ncc3F)cc2n1C(C)C. The largest absolute Gasteiger partial charge is 0.405 e. The van der Waals surface area contributed by atoms with Crippen molar-refractivity contribution in [2.24, 2.45) is 17.3 Å². The first-order valence-corrected chi connectivity index (χ1v) is 23.0. The van der Waals surface area contributed by atoms with Gasteiger partial charge in [0.2, 0.25) is 29.6 Å². The summed E-state index contributed by atoms with van der Waals surface area (Å²) in [6, 6.07) is 10.1. The maximum atomic E-state index is 15.2. The van der Waals surface area contributed by atoms with E-state index in [4.69, 9.17) is 4.84 Å². The van der Waals surface area contributed by atoms with Crippen LogP contribution in [0.1, 0.15) is 73.1 Å². The first-order valence-electron chi connectivity index (χ1n) is 23.0. The molecule has 3 atom stereocenters. The number of aromatic nitrogens is 5. The van der Waals surface area contributed by atoms with E-state index in [0.717, 1.165) is 16.8 Å². The number of piperidine rings is 1. The maximum Gasteiger partial charge on any atom is 0.266 e. The Morgan fingerprint density at radius 3 is 2.19 bits per heavy atom. The first kappa shape index (κ1) is 45.4. The number of rotatable bonds is 10. The Hall–Kier alpha value is -7.42. The number of hydrogen-bond acceptors (Lipinski definition) is 14. The fraction of sp³-hybridized carbons (Fsp3) is 0.417. The Kier molecular flexibility index (Phi) is 11.4. The lowest BCUT2D eigenvalue weighted by Crippen LogP contribution is -2.54. The van der Waals surface area contributed by atoms with Crippen LogP contribution in [-0.4, -0.2) is 138 Å². The summed E-state index contributed by atoms with van der Waals surface area (Å²) in [7, 11) is 0. The van der Waals surface area contributed by atoms with Crippen molar-refractivity contribution in [3.63, 3.8) is 0 Å². The predicted octanol–water partition coefficient (Wildman–Crippen LogP) is 4.26. The topological polar surface area (TPSA) is 208 Å². The number of nitrogens with one attached hydrogen (secondary N) is 2. The van der Waals surface area contributed by atoms with Gasteiger partial charge in [0.1, 0.15) is 28.9 Å². The number of fused-ring (bicyclic) bond motifs is 2. The van der Waals surface area contributed by atoms with E-state index in [0.29, 0.717) is 69.5 Å². The molecule has 19 nitrogen and oxygen atoms in total. The summed E-state index contributed by atoms with van der Waals surface area (Å²) in [5.41, 5.74) is 1.38. The zero-order valence-corrected chi connectivity index (χ0v) is 38.7. The Morgan fingerprint density at radius 1 is 0.841 bits per heavy atom. The zero-order chi connectivity index (χ0) is 48.6. The number of imidazole rings is 1. The molecule has 6 amide bonds. The Labute approximate surface area is 394 Å². The standard InChI is InChI=1S/C48H50F2N12O7/c1-25(2)61-26(3)53-41-30(49)21-27(22-33(41)61)40-31(50)24-52-47(56-40)54-35-11-9-28(23-51-35)57-13-15-58(16-14-57)45(67)38-39(48(38,4)5)46(68)59-17-19-60(20-18-59)69-34-8-6-7-29-37(34)44(66)62(43(29)65)32-10-12-36(63)55-42(32)64/h6-9,11,21-25,32,38-39H,10,12-20H2,1-5H3,(H,55,63,64)(H,51,52,54,56). The van der Waals surface area contributed by atoms with Crippen LogP contribution in [0.3, 0.4) is 0 Å². The van der Waals surface area contributed by atoms with Crippen molar-refractivity contribution in [3.05, 3.63) is 83.4 Å². The molecule has 3 aromatic heterocycles. The molecule has 2 N–H and O–H groups in total. The highest BCUT2D eigenvalue weighted by Gasteiger charge is 2.67. The van der Waals surface area contributed by atoms with Gasteiger partial charge in [0.15, 0.2) is 17.4 Å². The highest BCUT2D eigenvalue weighted by molar-refractivity contribution is 6.24. The maximum absolute atomic E-state index is 15.2. The number of anilines is 3. The molecule has 0 bridgehead atoms. The van der Waals surface area contributed by atoms with E-state index in [9.17, 15) is 28.8 Å². The second-order valence-corrected chi connectivity index (χ2v) is 18.9. The molecular formula is C48H50F2N12O7. The number of nitrogens with zero attached hydrogens (tertiary/aromatic N) is 10. The summed E-state index contributed by atoms with van der Waals surface area (Å²) in [5.74, 6) is -3.55. The molecule has 10 rings (SSSR count). The molecule has 4 aliphatic heterocycles. The number of imide groups is 2. The van der Waals surface area contributed by atoms with Gasteiger partial charge in [0.25, 0.3) is 11.8 Å². The number of hydroxylamine groups is 2. The summed E-state index contributed by atoms with van der Waals surface area (Å²) < 4.78 is 32.2. The van der Waals surface area contributed by atoms with E-state index in [1.54, 1.807) is 47.3 Å². The van der Waals surface area contributed by atoms with Crippen molar-refractivity contribution in [2.45, 2.75) is 59.5 Å². The van der Waals surface area contributed by atoms with Crippen LogP contribution in [0.15, 0.2) is 54.9 Å². The highest BCUT2D eigenvalue weighted by Crippen LogP contribution is 2.60. The molecule has 0 radical (unpaired) electrons. The lowest BCUT2D eigenvalue weighted by molar-refractivity contribution is -0.144. The molecule has 0 spiro atoms. The summed E-state index contributed by atoms with van der Waals surface area (Å²) in [4.78, 5) is 109. The van der Waals surface area contributed by atoms with Gasteiger partial charge in [-0.25, -0.2) is 28.7 Å². The van der Waals surface area contributed by atoms with Gasteiger partial charge in [-0.2, -0.15) is 0 Å². The number of hydrogen-bond donors (Lipinski definition) is 2. The number of pyridine rings is 1. The van der Waals surface area contributed by atoms with Crippen molar-refractivity contribution in [1.82, 2.24) is 49.6 Å². The van der Waals surface area contributed by atoms with Crippen LogP contribution < -0.4 is 20.4 Å². The molecule has 358 valence electrons. The monoisotopic (exact) mass is 944 g/mol. The minimum absolute atomic E-state index is 0.00531. The quantitative estimate of drug-likeness (QED) is 0.188. The molecule has 1 aliphatic carbocycles.